The summed E-state index contributed by atoms with van der Waals surface area (Å²) in [6, 6.07) is 11.4. The number of anilines is 1. The lowest BCUT2D eigenvalue weighted by molar-refractivity contribution is 0.103. The Hall–Kier alpha value is -2.09. The van der Waals surface area contributed by atoms with Crippen LogP contribution in [-0.2, 0) is 0 Å². The van der Waals surface area contributed by atoms with Crippen LogP contribution < -0.4 is 5.73 Å². The van der Waals surface area contributed by atoms with E-state index in [1.54, 1.807) is 6.07 Å². The quantitative estimate of drug-likeness (QED) is 0.644. The molecule has 0 atom stereocenters. The zero-order valence-corrected chi connectivity index (χ0v) is 10.9. The van der Waals surface area contributed by atoms with Crippen LogP contribution in [0.5, 0.6) is 0 Å². The van der Waals surface area contributed by atoms with Crippen molar-refractivity contribution in [2.75, 3.05) is 5.73 Å². The van der Waals surface area contributed by atoms with Gasteiger partial charge in [-0.25, -0.2) is 0 Å². The van der Waals surface area contributed by atoms with E-state index in [9.17, 15) is 4.79 Å². The van der Waals surface area contributed by atoms with Crippen molar-refractivity contribution in [1.29, 1.82) is 0 Å². The van der Waals surface area contributed by atoms with Crippen molar-refractivity contribution >= 4 is 11.5 Å². The normalized spacial score (nSPS) is 10.4. The Morgan fingerprint density at radius 3 is 2.22 bits per heavy atom. The van der Waals surface area contributed by atoms with Crippen molar-refractivity contribution in [3.8, 4) is 0 Å². The van der Waals surface area contributed by atoms with Gasteiger partial charge in [0, 0.05) is 16.8 Å². The number of para-hydroxylation sites is 1. The number of rotatable bonds is 2. The third-order valence-electron chi connectivity index (χ3n) is 3.05. The number of nitrogens with two attached hydrogens (primary N) is 1. The maximum Gasteiger partial charge on any atom is 0.195 e. The Balaban J connectivity index is 2.51. The minimum Gasteiger partial charge on any atom is -0.398 e. The maximum absolute atomic E-state index is 12.4. The number of nitrogen functional groups attached to an aromatic ring is 1. The predicted molar refractivity (Wildman–Crippen MR) is 74.9 cm³/mol. The van der Waals surface area contributed by atoms with E-state index < -0.39 is 0 Å². The number of aryl methyl sites for hydroxylation is 3. The van der Waals surface area contributed by atoms with E-state index in [4.69, 9.17) is 5.73 Å². The van der Waals surface area contributed by atoms with Gasteiger partial charge in [-0.2, -0.15) is 0 Å². The van der Waals surface area contributed by atoms with Gasteiger partial charge in [0.2, 0.25) is 0 Å². The summed E-state index contributed by atoms with van der Waals surface area (Å²) in [7, 11) is 0. The van der Waals surface area contributed by atoms with Crippen molar-refractivity contribution in [1.82, 2.24) is 0 Å². The fourth-order valence-corrected chi connectivity index (χ4v) is 2.14. The van der Waals surface area contributed by atoms with Gasteiger partial charge in [0.15, 0.2) is 5.78 Å². The van der Waals surface area contributed by atoms with Gasteiger partial charge >= 0.3 is 0 Å². The van der Waals surface area contributed by atoms with Crippen LogP contribution in [0.15, 0.2) is 36.4 Å². The highest BCUT2D eigenvalue weighted by Crippen LogP contribution is 2.21. The average molecular weight is 239 g/mol. The molecule has 18 heavy (non-hydrogen) atoms. The van der Waals surface area contributed by atoms with Gasteiger partial charge in [0.25, 0.3) is 0 Å². The number of hydrogen-bond acceptors (Lipinski definition) is 2. The Morgan fingerprint density at radius 2 is 1.61 bits per heavy atom. The van der Waals surface area contributed by atoms with Crippen LogP contribution in [0.3, 0.4) is 0 Å². The van der Waals surface area contributed by atoms with E-state index in [0.29, 0.717) is 16.8 Å². The van der Waals surface area contributed by atoms with Crippen LogP contribution in [0, 0.1) is 20.8 Å². The molecule has 0 aromatic heterocycles. The van der Waals surface area contributed by atoms with E-state index in [-0.39, 0.29) is 5.78 Å². The monoisotopic (exact) mass is 239 g/mol. The van der Waals surface area contributed by atoms with E-state index in [1.807, 2.05) is 45.0 Å². The van der Waals surface area contributed by atoms with Crippen LogP contribution in [-0.4, -0.2) is 5.78 Å². The molecule has 0 amide bonds. The summed E-state index contributed by atoms with van der Waals surface area (Å²) in [6.07, 6.45) is 0. The molecule has 2 aromatic rings. The molecule has 0 radical (unpaired) electrons. The molecule has 2 rings (SSSR count). The average Bonchev–Trinajstić information content (AvgIpc) is 2.30. The fraction of sp³-hybridized carbons (Fsp3) is 0.188. The summed E-state index contributed by atoms with van der Waals surface area (Å²) >= 11 is 0. The number of carbonyl (C=O) groups excluding carboxylic acids is 1. The summed E-state index contributed by atoms with van der Waals surface area (Å²) in [4.78, 5) is 12.4. The zero-order chi connectivity index (χ0) is 13.3. The van der Waals surface area contributed by atoms with E-state index in [1.165, 1.54) is 0 Å². The summed E-state index contributed by atoms with van der Waals surface area (Å²) < 4.78 is 0. The van der Waals surface area contributed by atoms with Crippen molar-refractivity contribution < 1.29 is 4.79 Å². The number of carbonyl (C=O) groups is 1. The lowest BCUT2D eigenvalue weighted by Gasteiger charge is -2.08. The van der Waals surface area contributed by atoms with Gasteiger partial charge in [-0.3, -0.25) is 4.79 Å². The molecule has 2 heteroatoms. The van der Waals surface area contributed by atoms with Gasteiger partial charge in [0.1, 0.15) is 0 Å². The van der Waals surface area contributed by atoms with Crippen LogP contribution in [0.4, 0.5) is 5.69 Å². The van der Waals surface area contributed by atoms with Crippen LogP contribution >= 0.6 is 0 Å². The van der Waals surface area contributed by atoms with Crippen LogP contribution in [0.1, 0.15) is 32.6 Å². The predicted octanol–water partition coefficient (Wildman–Crippen LogP) is 3.43. The molecule has 2 nitrogen and oxygen atoms in total. The van der Waals surface area contributed by atoms with Crippen molar-refractivity contribution in [2.24, 2.45) is 0 Å². The summed E-state index contributed by atoms with van der Waals surface area (Å²) in [6.45, 7) is 5.89. The standard InChI is InChI=1S/C16H17NO/c1-10-7-11(2)9-13(8-10)16(18)14-6-4-5-12(3)15(14)17/h4-9H,17H2,1-3H3. The summed E-state index contributed by atoms with van der Waals surface area (Å²) in [5.74, 6) is -0.0111. The molecule has 2 aromatic carbocycles. The first kappa shape index (κ1) is 12.4. The van der Waals surface area contributed by atoms with Gasteiger partial charge < -0.3 is 5.73 Å². The molecule has 2 N–H and O–H groups in total. The molecule has 0 aliphatic heterocycles. The van der Waals surface area contributed by atoms with Gasteiger partial charge in [-0.15, -0.1) is 0 Å². The number of benzene rings is 2. The molecule has 0 heterocycles. The largest absolute Gasteiger partial charge is 0.398 e. The highest BCUT2D eigenvalue weighted by atomic mass is 16.1. The molecular formula is C16H17NO. The first-order valence-electron chi connectivity index (χ1n) is 5.97. The van der Waals surface area contributed by atoms with Crippen molar-refractivity contribution in [3.05, 3.63) is 64.2 Å². The molecule has 0 aliphatic rings. The van der Waals surface area contributed by atoms with Gasteiger partial charge in [-0.1, -0.05) is 29.3 Å². The first-order valence-corrected chi connectivity index (χ1v) is 5.97. The Morgan fingerprint density at radius 1 is 1.00 bits per heavy atom. The maximum atomic E-state index is 12.4. The lowest BCUT2D eigenvalue weighted by atomic mass is 9.97. The minimum absolute atomic E-state index is 0.0111. The Bertz CT molecular complexity index is 594. The molecule has 0 saturated heterocycles. The first-order chi connectivity index (χ1) is 8.49. The second-order valence-corrected chi connectivity index (χ2v) is 4.74. The fourth-order valence-electron chi connectivity index (χ4n) is 2.14. The molecule has 0 bridgehead atoms. The van der Waals surface area contributed by atoms with Crippen molar-refractivity contribution in [3.63, 3.8) is 0 Å². The van der Waals surface area contributed by atoms with E-state index >= 15 is 0 Å². The number of ketones is 1. The molecule has 0 spiro atoms. The topological polar surface area (TPSA) is 43.1 Å². The highest BCUT2D eigenvalue weighted by molar-refractivity contribution is 6.12. The zero-order valence-electron chi connectivity index (χ0n) is 10.9. The van der Waals surface area contributed by atoms with E-state index in [0.717, 1.165) is 16.7 Å². The molecular weight excluding hydrogens is 222 g/mol. The van der Waals surface area contributed by atoms with Crippen LogP contribution in [0.2, 0.25) is 0 Å². The smallest absolute Gasteiger partial charge is 0.195 e. The van der Waals surface area contributed by atoms with E-state index in [2.05, 4.69) is 6.07 Å². The third-order valence-corrected chi connectivity index (χ3v) is 3.05. The minimum atomic E-state index is -0.0111. The van der Waals surface area contributed by atoms with Crippen LogP contribution in [0.25, 0.3) is 0 Å². The molecule has 0 saturated carbocycles. The van der Waals surface area contributed by atoms with Gasteiger partial charge in [0.05, 0.1) is 0 Å². The lowest BCUT2D eigenvalue weighted by Crippen LogP contribution is -2.07. The summed E-state index contributed by atoms with van der Waals surface area (Å²) in [5, 5.41) is 0. The highest BCUT2D eigenvalue weighted by Gasteiger charge is 2.13. The second kappa shape index (κ2) is 4.65. The summed E-state index contributed by atoms with van der Waals surface area (Å²) in [5.41, 5.74) is 10.9. The third kappa shape index (κ3) is 2.28. The molecule has 0 aliphatic carbocycles. The number of hydrogen-bond donors (Lipinski definition) is 1. The van der Waals surface area contributed by atoms with Crippen molar-refractivity contribution in [2.45, 2.75) is 20.8 Å². The van der Waals surface area contributed by atoms with Gasteiger partial charge in [-0.05, 0) is 44.5 Å². The molecule has 92 valence electrons. The molecule has 0 fully saturated rings. The Kier molecular flexibility index (Phi) is 3.19. The second-order valence-electron chi connectivity index (χ2n) is 4.74. The SMILES string of the molecule is Cc1cc(C)cc(C(=O)c2cccc(C)c2N)c1. The Labute approximate surface area is 107 Å². The molecule has 0 unspecified atom stereocenters.